The molecule has 0 N–H and O–H groups in total. The van der Waals surface area contributed by atoms with Gasteiger partial charge in [0.2, 0.25) is 0 Å². The molecule has 0 bridgehead atoms. The molecular formula is C12H19O8PS. The molecule has 0 saturated carbocycles. The first-order chi connectivity index (χ1) is 10.2. The molecule has 0 fully saturated rings. The summed E-state index contributed by atoms with van der Waals surface area (Å²) in [5.41, 5.74) is 1.30. The van der Waals surface area contributed by atoms with Crippen molar-refractivity contribution in [3.05, 3.63) is 29.3 Å². The Balaban J connectivity index is 3.06. The summed E-state index contributed by atoms with van der Waals surface area (Å²) in [6.45, 7) is 6.50. The highest BCUT2D eigenvalue weighted by atomic mass is 32.2. The van der Waals surface area contributed by atoms with Crippen molar-refractivity contribution >= 4 is 17.9 Å². The summed E-state index contributed by atoms with van der Waals surface area (Å²) in [5, 5.41) is 0. The minimum absolute atomic E-state index is 0.00639. The molecule has 1 aromatic rings. The third-order valence-corrected chi connectivity index (χ3v) is 5.40. The molecule has 0 saturated heterocycles. The van der Waals surface area contributed by atoms with Gasteiger partial charge in [-0.15, -0.1) is 9.35 Å². The molecule has 0 amide bonds. The summed E-state index contributed by atoms with van der Waals surface area (Å²) in [4.78, 5) is 8.78. The number of aryl methyl sites for hydroxylation is 2. The first kappa shape index (κ1) is 19.2. The van der Waals surface area contributed by atoms with Gasteiger partial charge in [-0.05, 0) is 39.3 Å². The Morgan fingerprint density at radius 2 is 1.59 bits per heavy atom. The Kier molecular flexibility index (Phi) is 7.14. The topological polar surface area (TPSA) is 97.4 Å². The standard InChI is InChI=1S/C12H19O8PS/c1-5-16-18-21(13,19-17-6-2)20-22(14,15)12-8-7-10(3)9-11(12)4/h7-9H,5-6H2,1-4H3. The zero-order chi connectivity index (χ0) is 16.8. The summed E-state index contributed by atoms with van der Waals surface area (Å²) < 4.78 is 50.1. The second-order valence-electron chi connectivity index (χ2n) is 4.21. The van der Waals surface area contributed by atoms with Gasteiger partial charge < -0.3 is 0 Å². The maximum Gasteiger partial charge on any atom is 0.544 e. The zero-order valence-corrected chi connectivity index (χ0v) is 14.5. The van der Waals surface area contributed by atoms with Crippen LogP contribution in [-0.2, 0) is 37.8 Å². The van der Waals surface area contributed by atoms with Gasteiger partial charge in [0.25, 0.3) is 0 Å². The van der Waals surface area contributed by atoms with E-state index in [-0.39, 0.29) is 18.1 Å². The predicted molar refractivity (Wildman–Crippen MR) is 77.2 cm³/mol. The van der Waals surface area contributed by atoms with Crippen molar-refractivity contribution in [2.24, 2.45) is 0 Å². The lowest BCUT2D eigenvalue weighted by atomic mass is 10.2. The maximum atomic E-state index is 12.2. The zero-order valence-electron chi connectivity index (χ0n) is 12.8. The van der Waals surface area contributed by atoms with E-state index in [1.165, 1.54) is 6.07 Å². The van der Waals surface area contributed by atoms with E-state index in [0.717, 1.165) is 5.56 Å². The number of phosphoric acid groups is 1. The van der Waals surface area contributed by atoms with Crippen LogP contribution in [-0.4, -0.2) is 21.6 Å². The van der Waals surface area contributed by atoms with Crippen LogP contribution >= 0.6 is 7.82 Å². The fraction of sp³-hybridized carbons (Fsp3) is 0.500. The Labute approximate surface area is 129 Å². The van der Waals surface area contributed by atoms with E-state index >= 15 is 0 Å². The fourth-order valence-corrected chi connectivity index (χ4v) is 4.18. The summed E-state index contributed by atoms with van der Waals surface area (Å²) in [6.07, 6.45) is 0. The van der Waals surface area contributed by atoms with E-state index in [1.807, 2.05) is 6.92 Å². The van der Waals surface area contributed by atoms with E-state index in [9.17, 15) is 13.0 Å². The molecule has 22 heavy (non-hydrogen) atoms. The number of benzene rings is 1. The van der Waals surface area contributed by atoms with Crippen molar-refractivity contribution in [2.75, 3.05) is 13.2 Å². The molecular weight excluding hydrogens is 335 g/mol. The highest BCUT2D eigenvalue weighted by Gasteiger charge is 2.38. The van der Waals surface area contributed by atoms with Crippen molar-refractivity contribution < 1.29 is 36.1 Å². The van der Waals surface area contributed by atoms with Gasteiger partial charge in [0.05, 0.1) is 18.1 Å². The van der Waals surface area contributed by atoms with Crippen molar-refractivity contribution in [1.29, 1.82) is 0 Å². The lowest BCUT2D eigenvalue weighted by Gasteiger charge is -2.15. The van der Waals surface area contributed by atoms with Gasteiger partial charge in [-0.1, -0.05) is 17.7 Å². The average Bonchev–Trinajstić information content (AvgIpc) is 2.42. The fourth-order valence-electron chi connectivity index (χ4n) is 1.51. The van der Waals surface area contributed by atoms with Gasteiger partial charge in [-0.25, -0.2) is 14.3 Å². The Morgan fingerprint density at radius 3 is 2.05 bits per heavy atom. The van der Waals surface area contributed by atoms with Crippen LogP contribution in [0.3, 0.4) is 0 Å². The molecule has 0 spiro atoms. The lowest BCUT2D eigenvalue weighted by molar-refractivity contribution is -0.273. The van der Waals surface area contributed by atoms with Crippen LogP contribution in [0.5, 0.6) is 0 Å². The van der Waals surface area contributed by atoms with Crippen molar-refractivity contribution in [3.8, 4) is 0 Å². The second kappa shape index (κ2) is 8.16. The number of hydrogen-bond acceptors (Lipinski definition) is 8. The second-order valence-corrected chi connectivity index (χ2v) is 7.34. The van der Waals surface area contributed by atoms with Gasteiger partial charge in [0, 0.05) is 0 Å². The van der Waals surface area contributed by atoms with Crippen LogP contribution in [0.1, 0.15) is 25.0 Å². The van der Waals surface area contributed by atoms with Crippen LogP contribution in [0.2, 0.25) is 0 Å². The minimum Gasteiger partial charge on any atom is -0.227 e. The summed E-state index contributed by atoms with van der Waals surface area (Å²) in [6, 6.07) is 4.57. The smallest absolute Gasteiger partial charge is 0.227 e. The molecule has 1 rings (SSSR count). The van der Waals surface area contributed by atoms with Crippen LogP contribution in [0, 0.1) is 13.8 Å². The molecule has 0 atom stereocenters. The van der Waals surface area contributed by atoms with Crippen LogP contribution in [0.4, 0.5) is 0 Å². The van der Waals surface area contributed by atoms with Crippen molar-refractivity contribution in [1.82, 2.24) is 0 Å². The molecule has 0 aromatic heterocycles. The molecule has 8 nitrogen and oxygen atoms in total. The number of hydrogen-bond donors (Lipinski definition) is 0. The van der Waals surface area contributed by atoms with Gasteiger partial charge in [-0.3, -0.25) is 0 Å². The summed E-state index contributed by atoms with van der Waals surface area (Å²) in [5.74, 6) is 0. The van der Waals surface area contributed by atoms with Crippen LogP contribution in [0.15, 0.2) is 23.1 Å². The molecule has 0 heterocycles. The van der Waals surface area contributed by atoms with E-state index in [0.29, 0.717) is 5.56 Å². The van der Waals surface area contributed by atoms with Gasteiger partial charge in [-0.2, -0.15) is 12.4 Å². The van der Waals surface area contributed by atoms with Gasteiger partial charge >= 0.3 is 17.9 Å². The molecule has 0 radical (unpaired) electrons. The Hall–Kier alpha value is -0.800. The molecule has 0 aliphatic carbocycles. The monoisotopic (exact) mass is 354 g/mol. The van der Waals surface area contributed by atoms with E-state index < -0.39 is 17.9 Å². The molecule has 10 heteroatoms. The third-order valence-electron chi connectivity index (χ3n) is 2.31. The van der Waals surface area contributed by atoms with E-state index in [4.69, 9.17) is 0 Å². The van der Waals surface area contributed by atoms with Gasteiger partial charge in [0.15, 0.2) is 0 Å². The Morgan fingerprint density at radius 1 is 1.05 bits per heavy atom. The molecule has 0 aliphatic rings. The first-order valence-corrected chi connectivity index (χ1v) is 9.37. The van der Waals surface area contributed by atoms with Gasteiger partial charge in [0.1, 0.15) is 0 Å². The SMILES string of the molecule is CCOOP(=O)(OOCC)OS(=O)(=O)c1ccc(C)cc1C. The summed E-state index contributed by atoms with van der Waals surface area (Å²) >= 11 is 0. The molecule has 0 aliphatic heterocycles. The minimum atomic E-state index is -4.60. The molecule has 0 unspecified atom stereocenters. The quantitative estimate of drug-likeness (QED) is 0.379. The van der Waals surface area contributed by atoms with Crippen LogP contribution in [0.25, 0.3) is 0 Å². The van der Waals surface area contributed by atoms with Crippen molar-refractivity contribution in [3.63, 3.8) is 0 Å². The highest BCUT2D eigenvalue weighted by molar-refractivity contribution is 7.90. The normalized spacial score (nSPS) is 12.5. The number of rotatable bonds is 9. The molecule has 126 valence electrons. The molecule has 1 aromatic carbocycles. The summed E-state index contributed by atoms with van der Waals surface area (Å²) in [7, 11) is -9.00. The Bertz CT molecular complexity index is 631. The van der Waals surface area contributed by atoms with E-state index in [1.54, 1.807) is 32.9 Å². The largest absolute Gasteiger partial charge is 0.544 e. The predicted octanol–water partition coefficient (Wildman–Crippen LogP) is 3.05. The highest BCUT2D eigenvalue weighted by Crippen LogP contribution is 2.52. The lowest BCUT2D eigenvalue weighted by Crippen LogP contribution is -2.10. The maximum absolute atomic E-state index is 12.2. The first-order valence-electron chi connectivity index (χ1n) is 6.50. The average molecular weight is 354 g/mol. The van der Waals surface area contributed by atoms with Crippen LogP contribution < -0.4 is 0 Å². The third kappa shape index (κ3) is 5.44. The van der Waals surface area contributed by atoms with E-state index in [2.05, 4.69) is 23.1 Å². The van der Waals surface area contributed by atoms with Crippen molar-refractivity contribution in [2.45, 2.75) is 32.6 Å².